The second kappa shape index (κ2) is 9.60. The Bertz CT molecular complexity index is 1340. The molecule has 7 nitrogen and oxygen atoms in total. The molecule has 0 saturated heterocycles. The normalized spacial score (nSPS) is 11.2. The summed E-state index contributed by atoms with van der Waals surface area (Å²) in [6.07, 6.45) is 3.62. The summed E-state index contributed by atoms with van der Waals surface area (Å²) in [5.41, 5.74) is 3.01. The molecule has 4 rings (SSSR count). The van der Waals surface area contributed by atoms with Gasteiger partial charge < -0.3 is 14.3 Å². The van der Waals surface area contributed by atoms with Crippen molar-refractivity contribution >= 4 is 33.7 Å². The van der Waals surface area contributed by atoms with E-state index in [4.69, 9.17) is 4.74 Å². The van der Waals surface area contributed by atoms with Crippen LogP contribution in [-0.4, -0.2) is 32.9 Å². The lowest BCUT2D eigenvalue weighted by molar-refractivity contribution is -0.142. The first kappa shape index (κ1) is 21.5. The van der Waals surface area contributed by atoms with Crippen LogP contribution in [0.3, 0.4) is 0 Å². The molecule has 1 N–H and O–H groups in total. The van der Waals surface area contributed by atoms with Crippen molar-refractivity contribution in [2.24, 2.45) is 0 Å². The topological polar surface area (TPSA) is 94.0 Å². The second-order valence-corrected chi connectivity index (χ2v) is 7.69. The van der Waals surface area contributed by atoms with Crippen molar-refractivity contribution in [3.05, 3.63) is 76.3 Å². The van der Waals surface area contributed by atoms with E-state index in [1.54, 1.807) is 10.8 Å². The molecule has 164 valence electrons. The van der Waals surface area contributed by atoms with Crippen LogP contribution in [0.25, 0.3) is 21.9 Å². The van der Waals surface area contributed by atoms with Gasteiger partial charge in [-0.25, -0.2) is 4.98 Å². The smallest absolute Gasteiger partial charge is 0.306 e. The fourth-order valence-electron chi connectivity index (χ4n) is 3.77. The Hall–Kier alpha value is -3.74. The van der Waals surface area contributed by atoms with Gasteiger partial charge in [0.2, 0.25) is 5.78 Å². The van der Waals surface area contributed by atoms with Gasteiger partial charge in [-0.1, -0.05) is 43.7 Å². The molecule has 0 atom stereocenters. The third-order valence-corrected chi connectivity index (χ3v) is 5.48. The summed E-state index contributed by atoms with van der Waals surface area (Å²) in [5, 5.41) is 0.793. The maximum Gasteiger partial charge on any atom is 0.306 e. The predicted octanol–water partition coefficient (Wildman–Crippen LogP) is 4.04. The number of hydrogen-bond donors (Lipinski definition) is 1. The highest BCUT2D eigenvalue weighted by molar-refractivity contribution is 6.08. The molecule has 0 radical (unpaired) electrons. The van der Waals surface area contributed by atoms with Gasteiger partial charge in [0.05, 0.1) is 17.5 Å². The van der Waals surface area contributed by atoms with Gasteiger partial charge in [0.15, 0.2) is 6.61 Å². The minimum Gasteiger partial charge on any atom is -0.457 e. The fraction of sp³-hybridized carbons (Fsp3) is 0.280. The molecule has 0 bridgehead atoms. The number of unbranched alkanes of at least 4 members (excludes halogenated alkanes) is 1. The maximum absolute atomic E-state index is 12.9. The maximum atomic E-state index is 12.9. The SMILES string of the molecule is CCCCn1c(=O)c(CCC(=O)OCC(=O)c2c[nH]c3ccccc23)nc2ccccc21. The van der Waals surface area contributed by atoms with Crippen molar-refractivity contribution < 1.29 is 14.3 Å². The molecule has 0 aliphatic carbocycles. The fourth-order valence-corrected chi connectivity index (χ4v) is 3.77. The number of nitrogens with one attached hydrogen (secondary N) is 1. The first-order valence-corrected chi connectivity index (χ1v) is 10.8. The van der Waals surface area contributed by atoms with Crippen LogP contribution in [0.2, 0.25) is 0 Å². The summed E-state index contributed by atoms with van der Waals surface area (Å²) in [4.78, 5) is 45.2. The number of benzene rings is 2. The molecule has 2 heterocycles. The molecule has 2 aromatic heterocycles. The van der Waals surface area contributed by atoms with Gasteiger partial charge >= 0.3 is 5.97 Å². The number of ether oxygens (including phenoxy) is 1. The van der Waals surface area contributed by atoms with Gasteiger partial charge in [0, 0.05) is 35.6 Å². The molecule has 7 heteroatoms. The van der Waals surface area contributed by atoms with Crippen molar-refractivity contribution in [3.8, 4) is 0 Å². The zero-order chi connectivity index (χ0) is 22.5. The molecule has 0 unspecified atom stereocenters. The Balaban J connectivity index is 1.42. The van der Waals surface area contributed by atoms with Crippen LogP contribution in [0.4, 0.5) is 0 Å². The highest BCUT2D eigenvalue weighted by atomic mass is 16.5. The molecule has 2 aromatic carbocycles. The van der Waals surface area contributed by atoms with E-state index in [0.717, 1.165) is 34.8 Å². The number of nitrogens with zero attached hydrogens (tertiary/aromatic N) is 2. The van der Waals surface area contributed by atoms with E-state index < -0.39 is 5.97 Å². The number of rotatable bonds is 9. The minimum absolute atomic E-state index is 0.0183. The molecule has 0 spiro atoms. The summed E-state index contributed by atoms with van der Waals surface area (Å²) >= 11 is 0. The van der Waals surface area contributed by atoms with Crippen molar-refractivity contribution in [2.45, 2.75) is 39.2 Å². The monoisotopic (exact) mass is 431 g/mol. The van der Waals surface area contributed by atoms with E-state index in [9.17, 15) is 14.4 Å². The third kappa shape index (κ3) is 4.46. The zero-order valence-corrected chi connectivity index (χ0v) is 18.0. The molecular weight excluding hydrogens is 406 g/mol. The Labute approximate surface area is 185 Å². The van der Waals surface area contributed by atoms with Gasteiger partial charge in [-0.05, 0) is 24.6 Å². The molecule has 0 fully saturated rings. The summed E-state index contributed by atoms with van der Waals surface area (Å²) in [6, 6.07) is 14.9. The number of aromatic amines is 1. The van der Waals surface area contributed by atoms with Gasteiger partial charge in [-0.3, -0.25) is 14.4 Å². The number of ketones is 1. The van der Waals surface area contributed by atoms with E-state index in [2.05, 4.69) is 16.9 Å². The first-order chi connectivity index (χ1) is 15.6. The van der Waals surface area contributed by atoms with E-state index in [1.165, 1.54) is 0 Å². The number of fused-ring (bicyclic) bond motifs is 2. The quantitative estimate of drug-likeness (QED) is 0.319. The predicted molar refractivity (Wildman–Crippen MR) is 123 cm³/mol. The number of hydrogen-bond acceptors (Lipinski definition) is 5. The second-order valence-electron chi connectivity index (χ2n) is 7.69. The summed E-state index contributed by atoms with van der Waals surface area (Å²) < 4.78 is 6.91. The van der Waals surface area contributed by atoms with Crippen molar-refractivity contribution in [1.29, 1.82) is 0 Å². The molecule has 32 heavy (non-hydrogen) atoms. The van der Waals surface area contributed by atoms with Crippen LogP contribution in [0, 0.1) is 0 Å². The molecule has 4 aromatic rings. The van der Waals surface area contributed by atoms with Crippen molar-refractivity contribution in [2.75, 3.05) is 6.61 Å². The number of para-hydroxylation sites is 3. The Kier molecular flexibility index (Phi) is 6.44. The number of aryl methyl sites for hydroxylation is 2. The summed E-state index contributed by atoms with van der Waals surface area (Å²) in [5.74, 6) is -0.811. The average Bonchev–Trinajstić information content (AvgIpc) is 3.25. The largest absolute Gasteiger partial charge is 0.457 e. The van der Waals surface area contributed by atoms with Crippen molar-refractivity contribution in [3.63, 3.8) is 0 Å². The summed E-state index contributed by atoms with van der Waals surface area (Å²) in [7, 11) is 0. The first-order valence-electron chi connectivity index (χ1n) is 10.8. The molecule has 0 aliphatic heterocycles. The highest BCUT2D eigenvalue weighted by Gasteiger charge is 2.16. The van der Waals surface area contributed by atoms with Crippen LogP contribution in [0.1, 0.15) is 42.2 Å². The van der Waals surface area contributed by atoms with E-state index in [1.807, 2.05) is 48.5 Å². The van der Waals surface area contributed by atoms with Gasteiger partial charge in [-0.15, -0.1) is 0 Å². The lowest BCUT2D eigenvalue weighted by atomic mass is 10.1. The number of carbonyl (C=O) groups is 2. The molecule has 0 amide bonds. The zero-order valence-electron chi connectivity index (χ0n) is 18.0. The highest BCUT2D eigenvalue weighted by Crippen LogP contribution is 2.18. The van der Waals surface area contributed by atoms with E-state index in [-0.39, 0.29) is 30.8 Å². The Morgan fingerprint density at radius 3 is 2.72 bits per heavy atom. The summed E-state index contributed by atoms with van der Waals surface area (Å²) in [6.45, 7) is 2.34. The number of carbonyl (C=O) groups excluding carboxylic acids is 2. The number of Topliss-reactive ketones (excluding diaryl/α,β-unsaturated/α-hetero) is 1. The third-order valence-electron chi connectivity index (χ3n) is 5.48. The number of esters is 1. The molecular formula is C25H25N3O4. The van der Waals surface area contributed by atoms with Gasteiger partial charge in [-0.2, -0.15) is 0 Å². The number of H-pyrrole nitrogens is 1. The van der Waals surface area contributed by atoms with Crippen molar-refractivity contribution in [1.82, 2.24) is 14.5 Å². The molecule has 0 saturated carbocycles. The standard InChI is InChI=1S/C25H25N3O4/c1-2-3-14-28-22-11-7-6-10-20(22)27-21(25(28)31)12-13-24(30)32-16-23(29)18-15-26-19-9-5-4-8-17(18)19/h4-11,15,26H,2-3,12-14,16H2,1H3. The van der Waals surface area contributed by atoms with Gasteiger partial charge in [0.1, 0.15) is 5.69 Å². The lowest BCUT2D eigenvalue weighted by Gasteiger charge is -2.11. The minimum atomic E-state index is -0.535. The van der Waals surface area contributed by atoms with Crippen LogP contribution < -0.4 is 5.56 Å². The lowest BCUT2D eigenvalue weighted by Crippen LogP contribution is -2.26. The van der Waals surface area contributed by atoms with Crippen LogP contribution in [0.15, 0.2) is 59.5 Å². The van der Waals surface area contributed by atoms with Crippen LogP contribution in [0.5, 0.6) is 0 Å². The van der Waals surface area contributed by atoms with E-state index in [0.29, 0.717) is 17.8 Å². The van der Waals surface area contributed by atoms with Crippen LogP contribution in [-0.2, 0) is 22.5 Å². The Morgan fingerprint density at radius 1 is 1.09 bits per heavy atom. The molecule has 0 aliphatic rings. The number of aromatic nitrogens is 3. The Morgan fingerprint density at radius 2 is 1.88 bits per heavy atom. The average molecular weight is 431 g/mol. The van der Waals surface area contributed by atoms with Gasteiger partial charge in [0.25, 0.3) is 5.56 Å². The van der Waals surface area contributed by atoms with Crippen LogP contribution >= 0.6 is 0 Å². The van der Waals surface area contributed by atoms with E-state index >= 15 is 0 Å².